The molecular weight excluding hydrogens is 372 g/mol. The lowest BCUT2D eigenvalue weighted by Crippen LogP contribution is -2.25. The molecule has 1 N–H and O–H groups in total. The second kappa shape index (κ2) is 8.22. The maximum absolute atomic E-state index is 11.8. The van der Waals surface area contributed by atoms with Gasteiger partial charge in [0, 0.05) is 10.2 Å². The van der Waals surface area contributed by atoms with Crippen LogP contribution in [0, 0.1) is 25.2 Å². The van der Waals surface area contributed by atoms with Crippen molar-refractivity contribution in [3.05, 3.63) is 57.2 Å². The number of amides is 1. The van der Waals surface area contributed by atoms with Gasteiger partial charge in [0.25, 0.3) is 5.91 Å². The molecule has 1 amide bonds. The van der Waals surface area contributed by atoms with E-state index in [0.717, 1.165) is 21.3 Å². The fraction of sp³-hybridized carbons (Fsp3) is 0.176. The molecule has 0 aliphatic heterocycles. The molecule has 0 spiro atoms. The molecule has 0 aliphatic carbocycles. The SMILES string of the molecule is Cc1cc(C)c(C#N)c(OCC(=O)N/N=C\c2ccc(Br)cc2)n1. The number of rotatable bonds is 5. The van der Waals surface area contributed by atoms with Crippen molar-refractivity contribution in [3.8, 4) is 11.9 Å². The summed E-state index contributed by atoms with van der Waals surface area (Å²) in [5, 5.41) is 13.0. The van der Waals surface area contributed by atoms with Gasteiger partial charge in [-0.3, -0.25) is 4.79 Å². The van der Waals surface area contributed by atoms with Crippen molar-refractivity contribution in [2.75, 3.05) is 6.61 Å². The minimum absolute atomic E-state index is 0.155. The summed E-state index contributed by atoms with van der Waals surface area (Å²) in [4.78, 5) is 15.9. The number of nitriles is 1. The third-order valence-corrected chi connectivity index (χ3v) is 3.56. The number of hydrogen-bond acceptors (Lipinski definition) is 5. The van der Waals surface area contributed by atoms with Crippen LogP contribution in [-0.2, 0) is 4.79 Å². The molecule has 122 valence electrons. The first-order valence-corrected chi connectivity index (χ1v) is 7.87. The number of nitrogens with one attached hydrogen (secondary N) is 1. The molecule has 24 heavy (non-hydrogen) atoms. The highest BCUT2D eigenvalue weighted by Crippen LogP contribution is 2.19. The van der Waals surface area contributed by atoms with Crippen LogP contribution in [0.1, 0.15) is 22.4 Å². The van der Waals surface area contributed by atoms with Crippen molar-refractivity contribution in [1.29, 1.82) is 5.26 Å². The highest BCUT2D eigenvalue weighted by atomic mass is 79.9. The lowest BCUT2D eigenvalue weighted by Gasteiger charge is -2.08. The van der Waals surface area contributed by atoms with Gasteiger partial charge in [0.15, 0.2) is 6.61 Å². The van der Waals surface area contributed by atoms with Crippen LogP contribution in [0.25, 0.3) is 0 Å². The minimum Gasteiger partial charge on any atom is -0.467 e. The Kier molecular flexibility index (Phi) is 6.04. The molecule has 1 aromatic carbocycles. The topological polar surface area (TPSA) is 87.4 Å². The second-order valence-corrected chi connectivity index (χ2v) is 5.92. The van der Waals surface area contributed by atoms with Crippen LogP contribution >= 0.6 is 15.9 Å². The zero-order valence-corrected chi connectivity index (χ0v) is 14.8. The summed E-state index contributed by atoms with van der Waals surface area (Å²) < 4.78 is 6.31. The molecular formula is C17H15BrN4O2. The highest BCUT2D eigenvalue weighted by Gasteiger charge is 2.11. The number of halogens is 1. The van der Waals surface area contributed by atoms with Crippen LogP contribution in [0.2, 0.25) is 0 Å². The number of pyridine rings is 1. The Bertz CT molecular complexity index is 811. The molecule has 0 radical (unpaired) electrons. The number of carbonyl (C=O) groups excluding carboxylic acids is 1. The molecule has 0 unspecified atom stereocenters. The monoisotopic (exact) mass is 386 g/mol. The molecule has 0 fully saturated rings. The summed E-state index contributed by atoms with van der Waals surface area (Å²) in [5.74, 6) is -0.282. The summed E-state index contributed by atoms with van der Waals surface area (Å²) >= 11 is 3.34. The summed E-state index contributed by atoms with van der Waals surface area (Å²) in [7, 11) is 0. The molecule has 0 saturated heterocycles. The van der Waals surface area contributed by atoms with Crippen molar-refractivity contribution in [3.63, 3.8) is 0 Å². The van der Waals surface area contributed by atoms with Crippen molar-refractivity contribution < 1.29 is 9.53 Å². The Balaban J connectivity index is 1.92. The van der Waals surface area contributed by atoms with Gasteiger partial charge >= 0.3 is 0 Å². The Morgan fingerprint density at radius 1 is 1.42 bits per heavy atom. The van der Waals surface area contributed by atoms with Crippen LogP contribution in [0.4, 0.5) is 0 Å². The number of hydrogen-bond donors (Lipinski definition) is 1. The maximum Gasteiger partial charge on any atom is 0.278 e. The first-order valence-electron chi connectivity index (χ1n) is 7.08. The van der Waals surface area contributed by atoms with Crippen molar-refractivity contribution in [2.45, 2.75) is 13.8 Å². The Morgan fingerprint density at radius 2 is 2.12 bits per heavy atom. The van der Waals surface area contributed by atoms with Crippen molar-refractivity contribution >= 4 is 28.1 Å². The highest BCUT2D eigenvalue weighted by molar-refractivity contribution is 9.10. The number of hydrazone groups is 1. The van der Waals surface area contributed by atoms with Gasteiger partial charge in [-0.15, -0.1) is 0 Å². The van der Waals surface area contributed by atoms with Crippen molar-refractivity contribution in [2.24, 2.45) is 5.10 Å². The second-order valence-electron chi connectivity index (χ2n) is 5.01. The fourth-order valence-corrected chi connectivity index (χ4v) is 2.20. The number of nitrogens with zero attached hydrogens (tertiary/aromatic N) is 3. The minimum atomic E-state index is -0.437. The van der Waals surface area contributed by atoms with E-state index in [4.69, 9.17) is 10.00 Å². The van der Waals surface area contributed by atoms with Crippen molar-refractivity contribution in [1.82, 2.24) is 10.4 Å². The van der Waals surface area contributed by atoms with Gasteiger partial charge in [-0.05, 0) is 43.2 Å². The van der Waals surface area contributed by atoms with Crippen LogP contribution in [0.3, 0.4) is 0 Å². The molecule has 6 nitrogen and oxygen atoms in total. The average Bonchev–Trinajstić information content (AvgIpc) is 2.54. The largest absolute Gasteiger partial charge is 0.467 e. The first kappa shape index (κ1) is 17.6. The zero-order chi connectivity index (χ0) is 17.5. The predicted molar refractivity (Wildman–Crippen MR) is 93.8 cm³/mol. The summed E-state index contributed by atoms with van der Waals surface area (Å²) in [5.41, 5.74) is 5.02. The molecule has 0 bridgehead atoms. The standard InChI is InChI=1S/C17H15BrN4O2/c1-11-7-12(2)21-17(15(11)8-19)24-10-16(23)22-20-9-13-3-5-14(18)6-4-13/h3-7,9H,10H2,1-2H3,(H,22,23)/b20-9-. The van der Waals surface area contributed by atoms with Gasteiger partial charge in [-0.1, -0.05) is 28.1 Å². The Morgan fingerprint density at radius 3 is 2.79 bits per heavy atom. The first-order chi connectivity index (χ1) is 11.5. The predicted octanol–water partition coefficient (Wildman–Crippen LogP) is 2.86. The molecule has 0 saturated carbocycles. The van der Waals surface area contributed by atoms with E-state index in [0.29, 0.717) is 5.56 Å². The van der Waals surface area contributed by atoms with Gasteiger partial charge in [0.2, 0.25) is 5.88 Å². The summed E-state index contributed by atoms with van der Waals surface area (Å²) in [6, 6.07) is 11.3. The quantitative estimate of drug-likeness (QED) is 0.631. The van der Waals surface area contributed by atoms with E-state index in [2.05, 4.69) is 31.4 Å². The van der Waals surface area contributed by atoms with Gasteiger partial charge in [0.1, 0.15) is 11.6 Å². The van der Waals surface area contributed by atoms with E-state index in [1.165, 1.54) is 6.21 Å². The summed E-state index contributed by atoms with van der Waals surface area (Å²) in [6.45, 7) is 3.31. The zero-order valence-electron chi connectivity index (χ0n) is 13.2. The molecule has 0 aliphatic rings. The number of benzene rings is 1. The number of carbonyl (C=O) groups is 1. The van der Waals surface area contributed by atoms with Crippen LogP contribution in [0.5, 0.6) is 5.88 Å². The fourth-order valence-electron chi connectivity index (χ4n) is 1.94. The molecule has 0 atom stereocenters. The van der Waals surface area contributed by atoms with Crippen LogP contribution in [0.15, 0.2) is 39.9 Å². The van der Waals surface area contributed by atoms with Gasteiger partial charge in [0.05, 0.1) is 6.21 Å². The molecule has 2 rings (SSSR count). The normalized spacial score (nSPS) is 10.4. The van der Waals surface area contributed by atoms with E-state index in [1.54, 1.807) is 19.9 Å². The van der Waals surface area contributed by atoms with E-state index in [9.17, 15) is 4.79 Å². The summed E-state index contributed by atoms with van der Waals surface area (Å²) in [6.07, 6.45) is 1.53. The van der Waals surface area contributed by atoms with E-state index < -0.39 is 5.91 Å². The number of aryl methyl sites for hydroxylation is 2. The maximum atomic E-state index is 11.8. The van der Waals surface area contributed by atoms with E-state index in [1.807, 2.05) is 30.3 Å². The number of ether oxygens (including phenoxy) is 1. The van der Waals surface area contributed by atoms with E-state index in [-0.39, 0.29) is 12.5 Å². The smallest absolute Gasteiger partial charge is 0.278 e. The molecule has 1 heterocycles. The van der Waals surface area contributed by atoms with Gasteiger partial charge in [-0.2, -0.15) is 10.4 Å². The van der Waals surface area contributed by atoms with E-state index >= 15 is 0 Å². The lowest BCUT2D eigenvalue weighted by molar-refractivity contribution is -0.123. The Hall–Kier alpha value is -2.72. The third kappa shape index (κ3) is 4.89. The number of aromatic nitrogens is 1. The third-order valence-electron chi connectivity index (χ3n) is 3.04. The lowest BCUT2D eigenvalue weighted by atomic mass is 10.1. The van der Waals surface area contributed by atoms with Crippen LogP contribution < -0.4 is 10.2 Å². The van der Waals surface area contributed by atoms with Crippen LogP contribution in [-0.4, -0.2) is 23.7 Å². The molecule has 2 aromatic rings. The molecule has 1 aromatic heterocycles. The van der Waals surface area contributed by atoms with Gasteiger partial charge in [-0.25, -0.2) is 10.4 Å². The van der Waals surface area contributed by atoms with Gasteiger partial charge < -0.3 is 4.74 Å². The average molecular weight is 387 g/mol. The Labute approximate surface area is 148 Å². The molecule has 7 heteroatoms.